The first-order valence-corrected chi connectivity index (χ1v) is 2.55. The number of nitrogens with zero attached hydrogens (tertiary/aromatic N) is 2. The van der Waals surface area contributed by atoms with Gasteiger partial charge in [-0.3, -0.25) is 0 Å². The molecule has 0 N–H and O–H groups in total. The molecule has 1 rings (SSSR count). The first-order chi connectivity index (χ1) is 4.67. The number of halogens is 3. The van der Waals surface area contributed by atoms with Crippen LogP contribution in [0.2, 0.25) is 0 Å². The van der Waals surface area contributed by atoms with Crippen LogP contribution >= 0.6 is 0 Å². The van der Waals surface area contributed by atoms with E-state index in [0.29, 0.717) is 0 Å². The van der Waals surface area contributed by atoms with Crippen LogP contribution in [-0.2, 0) is 0 Å². The molecule has 0 fully saturated rings. The van der Waals surface area contributed by atoms with E-state index in [-0.39, 0.29) is 0 Å². The third-order valence-corrected chi connectivity index (χ3v) is 1.01. The topological polar surface area (TPSA) is 26.5 Å². The van der Waals surface area contributed by atoms with Crippen LogP contribution in [0.1, 0.15) is 0 Å². The van der Waals surface area contributed by atoms with Gasteiger partial charge in [-0.2, -0.15) is 14.2 Å². The van der Waals surface area contributed by atoms with Crippen molar-refractivity contribution < 1.29 is 13.2 Å². The minimum Gasteiger partial charge on any atom is -0.244 e. The van der Waals surface area contributed by atoms with E-state index < -0.39 is 18.3 Å². The Bertz CT molecular complexity index is 185. The smallest absolute Gasteiger partial charge is 0.244 e. The molecule has 0 unspecified atom stereocenters. The van der Waals surface area contributed by atoms with Crippen LogP contribution < -0.4 is 5.43 Å². The minimum atomic E-state index is -3.48. The average molecular weight is 149 g/mol. The third kappa shape index (κ3) is 1.12. The van der Waals surface area contributed by atoms with Crippen molar-refractivity contribution in [2.75, 3.05) is 6.67 Å². The van der Waals surface area contributed by atoms with E-state index in [1.807, 2.05) is 0 Å². The first-order valence-electron chi connectivity index (χ1n) is 2.55. The van der Waals surface area contributed by atoms with Gasteiger partial charge in [-0.1, -0.05) is 0 Å². The van der Waals surface area contributed by atoms with Gasteiger partial charge in [0, 0.05) is 0 Å². The van der Waals surface area contributed by atoms with E-state index in [2.05, 4.69) is 10.5 Å². The lowest BCUT2D eigenvalue weighted by molar-refractivity contribution is 0.0495. The van der Waals surface area contributed by atoms with Gasteiger partial charge in [0.1, 0.15) is 5.71 Å². The Morgan fingerprint density at radius 2 is 2.20 bits per heavy atom. The Kier molecular flexibility index (Phi) is 1.65. The molecule has 1 radical (unpaired) electrons. The zero-order valence-corrected chi connectivity index (χ0v) is 4.89. The van der Waals surface area contributed by atoms with E-state index in [0.717, 1.165) is 12.3 Å². The molecule has 0 saturated carbocycles. The van der Waals surface area contributed by atoms with Gasteiger partial charge in [0.15, 0.2) is 6.67 Å². The van der Waals surface area contributed by atoms with Gasteiger partial charge in [0.05, 0.1) is 6.20 Å². The monoisotopic (exact) mass is 149 g/mol. The lowest BCUT2D eigenvalue weighted by Crippen LogP contribution is -2.28. The minimum absolute atomic E-state index is 0.616. The van der Waals surface area contributed by atoms with Crippen LogP contribution in [0.25, 0.3) is 0 Å². The number of hydrogen-bond acceptors (Lipinski definition) is 1. The largest absolute Gasteiger partial charge is 0.319 e. The van der Waals surface area contributed by atoms with E-state index in [1.165, 1.54) is 0 Å². The van der Waals surface area contributed by atoms with Crippen molar-refractivity contribution in [1.29, 1.82) is 0 Å². The summed E-state index contributed by atoms with van der Waals surface area (Å²) in [6.07, 6.45) is 2.08. The molecule has 0 saturated heterocycles. The van der Waals surface area contributed by atoms with Crippen LogP contribution in [0.5, 0.6) is 0 Å². The molecular formula is C5H4F3N2. The van der Waals surface area contributed by atoms with Crippen LogP contribution in [0.15, 0.2) is 17.4 Å². The molecule has 5 heteroatoms. The van der Waals surface area contributed by atoms with Gasteiger partial charge in [0.2, 0.25) is 0 Å². The highest BCUT2D eigenvalue weighted by atomic mass is 19.3. The number of alkyl halides is 3. The van der Waals surface area contributed by atoms with Crippen molar-refractivity contribution in [2.45, 2.75) is 5.92 Å². The highest BCUT2D eigenvalue weighted by Gasteiger charge is 2.36. The highest BCUT2D eigenvalue weighted by Crippen LogP contribution is 2.18. The first kappa shape index (κ1) is 7.11. The summed E-state index contributed by atoms with van der Waals surface area (Å²) in [4.78, 5) is 0. The van der Waals surface area contributed by atoms with E-state index in [9.17, 15) is 13.2 Å². The van der Waals surface area contributed by atoms with Gasteiger partial charge in [0.25, 0.3) is 0 Å². The van der Waals surface area contributed by atoms with Crippen molar-refractivity contribution in [1.82, 2.24) is 5.43 Å². The Hall–Kier alpha value is -1.00. The predicted molar refractivity (Wildman–Crippen MR) is 29.6 cm³/mol. The molecule has 0 spiro atoms. The Balaban J connectivity index is 2.72. The van der Waals surface area contributed by atoms with Gasteiger partial charge < -0.3 is 0 Å². The molecule has 1 aliphatic heterocycles. The van der Waals surface area contributed by atoms with Crippen molar-refractivity contribution in [3.8, 4) is 0 Å². The molecule has 0 bridgehead atoms. The summed E-state index contributed by atoms with van der Waals surface area (Å²) >= 11 is 0. The van der Waals surface area contributed by atoms with Crippen LogP contribution in [0, 0.1) is 0 Å². The maximum atomic E-state index is 12.2. The van der Waals surface area contributed by atoms with E-state index >= 15 is 0 Å². The third-order valence-electron chi connectivity index (χ3n) is 1.01. The predicted octanol–water partition coefficient (Wildman–Crippen LogP) is 1.08. The van der Waals surface area contributed by atoms with Gasteiger partial charge in [-0.15, -0.1) is 5.10 Å². The van der Waals surface area contributed by atoms with Crippen LogP contribution in [-0.4, -0.2) is 18.3 Å². The lowest BCUT2D eigenvalue weighted by atomic mass is 10.2. The fourth-order valence-electron chi connectivity index (χ4n) is 0.496. The average Bonchev–Trinajstić information content (AvgIpc) is 2.38. The second kappa shape index (κ2) is 2.32. The van der Waals surface area contributed by atoms with Crippen LogP contribution in [0.4, 0.5) is 13.2 Å². The van der Waals surface area contributed by atoms with E-state index in [4.69, 9.17) is 0 Å². The molecule has 0 aliphatic carbocycles. The lowest BCUT2D eigenvalue weighted by Gasteiger charge is -2.07. The second-order valence-corrected chi connectivity index (χ2v) is 1.75. The van der Waals surface area contributed by atoms with Crippen molar-refractivity contribution in [3.05, 3.63) is 12.3 Å². The Morgan fingerprint density at radius 1 is 1.50 bits per heavy atom. The molecule has 0 amide bonds. The standard InChI is InChI=1S/C5H4F3N2/c6-3-5(7,8)4-1-2-9-10-4/h1-2H,3H2. The molecular weight excluding hydrogens is 145 g/mol. The molecule has 1 aliphatic rings. The van der Waals surface area contributed by atoms with Crippen molar-refractivity contribution in [2.24, 2.45) is 5.10 Å². The summed E-state index contributed by atoms with van der Waals surface area (Å²) < 4.78 is 36.0. The van der Waals surface area contributed by atoms with Gasteiger partial charge >= 0.3 is 5.92 Å². The fraction of sp³-hybridized carbons (Fsp3) is 0.400. The molecule has 1 heterocycles. The molecule has 0 aromatic rings. The summed E-state index contributed by atoms with van der Waals surface area (Å²) in [6.45, 7) is -1.73. The Labute approximate surface area is 55.4 Å². The maximum absolute atomic E-state index is 12.2. The molecule has 0 aromatic carbocycles. The van der Waals surface area contributed by atoms with Crippen molar-refractivity contribution in [3.63, 3.8) is 0 Å². The molecule has 0 aromatic heterocycles. The Morgan fingerprint density at radius 3 is 2.60 bits per heavy atom. The van der Waals surface area contributed by atoms with Crippen LogP contribution in [0.3, 0.4) is 0 Å². The quantitative estimate of drug-likeness (QED) is 0.561. The summed E-state index contributed by atoms with van der Waals surface area (Å²) in [6, 6.07) is 0. The molecule has 10 heavy (non-hydrogen) atoms. The summed E-state index contributed by atoms with van der Waals surface area (Å²) in [7, 11) is 0. The highest BCUT2D eigenvalue weighted by molar-refractivity contribution is 6.01. The summed E-state index contributed by atoms with van der Waals surface area (Å²) in [5, 5.41) is 3.02. The number of hydrogen-bond donors (Lipinski definition) is 0. The molecule has 55 valence electrons. The molecule has 2 nitrogen and oxygen atoms in total. The van der Waals surface area contributed by atoms with E-state index in [1.54, 1.807) is 0 Å². The SMILES string of the molecule is FCC(F)(F)C1=N[N]C=C1. The fourth-order valence-corrected chi connectivity index (χ4v) is 0.496. The maximum Gasteiger partial charge on any atom is 0.319 e. The van der Waals surface area contributed by atoms with Gasteiger partial charge in [-0.25, -0.2) is 4.39 Å². The number of allylic oxidation sites excluding steroid dienone is 1. The normalized spacial score (nSPS) is 16.9. The zero-order chi connectivity index (χ0) is 7.61. The summed E-state index contributed by atoms with van der Waals surface area (Å²) in [5.74, 6) is -3.48. The van der Waals surface area contributed by atoms with Crippen molar-refractivity contribution >= 4 is 5.71 Å². The molecule has 0 atom stereocenters. The summed E-state index contributed by atoms with van der Waals surface area (Å²) in [5.41, 5.74) is 2.52. The second-order valence-electron chi connectivity index (χ2n) is 1.75. The number of rotatable bonds is 2. The van der Waals surface area contributed by atoms with Gasteiger partial charge in [-0.05, 0) is 6.08 Å². The zero-order valence-electron chi connectivity index (χ0n) is 4.89.